The summed E-state index contributed by atoms with van der Waals surface area (Å²) in [4.78, 5) is 18.1. The fraction of sp³-hybridized carbons (Fsp3) is 0.158. The first-order chi connectivity index (χ1) is 12.1. The van der Waals surface area contributed by atoms with E-state index in [-0.39, 0.29) is 24.7 Å². The van der Waals surface area contributed by atoms with E-state index in [2.05, 4.69) is 10.9 Å². The molecule has 3 rings (SSSR count). The second-order valence-electron chi connectivity index (χ2n) is 5.29. The Morgan fingerprint density at radius 3 is 2.76 bits per heavy atom. The van der Waals surface area contributed by atoms with Gasteiger partial charge >= 0.3 is 0 Å². The van der Waals surface area contributed by atoms with Gasteiger partial charge in [-0.05, 0) is 36.1 Å². The molecule has 1 heterocycles. The van der Waals surface area contributed by atoms with Gasteiger partial charge in [0.2, 0.25) is 0 Å². The zero-order chi connectivity index (χ0) is 17.8. The number of nitrogens with zero attached hydrogens (tertiary/aromatic N) is 2. The van der Waals surface area contributed by atoms with Crippen molar-refractivity contribution in [3.63, 3.8) is 0 Å². The molecular formula is C19H15FN2OS2. The van der Waals surface area contributed by atoms with Gasteiger partial charge in [0.05, 0.1) is 23.2 Å². The Balaban J connectivity index is 1.96. The van der Waals surface area contributed by atoms with E-state index in [1.807, 2.05) is 30.5 Å². The van der Waals surface area contributed by atoms with Crippen molar-refractivity contribution in [2.24, 2.45) is 4.99 Å². The molecule has 0 saturated heterocycles. The number of halogens is 1. The fourth-order valence-electron chi connectivity index (χ4n) is 2.47. The van der Waals surface area contributed by atoms with Crippen LogP contribution in [-0.4, -0.2) is 16.7 Å². The maximum Gasteiger partial charge on any atom is 0.252 e. The Hall–Kier alpha value is -2.36. The number of terminal acetylenes is 1. The standard InChI is InChI=1S/C19H15FN2OS2/c1-3-11-22-18-15(20)5-4-6-16(18)25-19(22)21-17(23)12-13-7-9-14(24-2)10-8-13/h1,4-10H,11-12H2,2H3. The van der Waals surface area contributed by atoms with Gasteiger partial charge < -0.3 is 4.57 Å². The van der Waals surface area contributed by atoms with Crippen molar-refractivity contribution in [3.8, 4) is 12.3 Å². The monoisotopic (exact) mass is 370 g/mol. The van der Waals surface area contributed by atoms with Gasteiger partial charge in [-0.25, -0.2) is 4.39 Å². The normalized spacial score (nSPS) is 11.6. The number of carbonyl (C=O) groups is 1. The van der Waals surface area contributed by atoms with Crippen LogP contribution in [0, 0.1) is 18.2 Å². The molecule has 0 unspecified atom stereocenters. The van der Waals surface area contributed by atoms with Crippen molar-refractivity contribution in [2.75, 3.05) is 6.26 Å². The molecule has 0 radical (unpaired) electrons. The van der Waals surface area contributed by atoms with Gasteiger partial charge in [-0.1, -0.05) is 35.5 Å². The molecule has 0 N–H and O–H groups in total. The first-order valence-electron chi connectivity index (χ1n) is 7.54. The molecule has 3 aromatic rings. The molecule has 0 spiro atoms. The molecule has 0 aliphatic carbocycles. The zero-order valence-electron chi connectivity index (χ0n) is 13.5. The Bertz CT molecular complexity index is 1030. The lowest BCUT2D eigenvalue weighted by Gasteiger charge is -2.01. The lowest BCUT2D eigenvalue weighted by Crippen LogP contribution is -2.17. The quantitative estimate of drug-likeness (QED) is 0.516. The van der Waals surface area contributed by atoms with Crippen LogP contribution >= 0.6 is 23.1 Å². The van der Waals surface area contributed by atoms with E-state index < -0.39 is 0 Å². The van der Waals surface area contributed by atoms with Crippen LogP contribution in [0.2, 0.25) is 0 Å². The second-order valence-corrected chi connectivity index (χ2v) is 7.18. The molecule has 3 nitrogen and oxygen atoms in total. The minimum atomic E-state index is -0.370. The molecule has 25 heavy (non-hydrogen) atoms. The van der Waals surface area contributed by atoms with Crippen molar-refractivity contribution in [1.29, 1.82) is 0 Å². The molecule has 126 valence electrons. The molecule has 0 fully saturated rings. The van der Waals surface area contributed by atoms with Crippen molar-refractivity contribution in [3.05, 3.63) is 58.6 Å². The first-order valence-corrected chi connectivity index (χ1v) is 9.58. The van der Waals surface area contributed by atoms with E-state index in [0.717, 1.165) is 10.5 Å². The molecule has 0 aliphatic rings. The highest BCUT2D eigenvalue weighted by Crippen LogP contribution is 2.20. The summed E-state index contributed by atoms with van der Waals surface area (Å²) >= 11 is 2.91. The van der Waals surface area contributed by atoms with Gasteiger partial charge in [0.1, 0.15) is 5.82 Å². The molecule has 0 saturated carbocycles. The number of carbonyl (C=O) groups excluding carboxylic acids is 1. The topological polar surface area (TPSA) is 34.4 Å². The average Bonchev–Trinajstić information content (AvgIpc) is 2.94. The Morgan fingerprint density at radius 1 is 1.32 bits per heavy atom. The summed E-state index contributed by atoms with van der Waals surface area (Å²) in [6, 6.07) is 12.6. The first kappa shape index (κ1) is 17.5. The number of rotatable bonds is 4. The summed E-state index contributed by atoms with van der Waals surface area (Å²) in [7, 11) is 0. The third kappa shape index (κ3) is 3.84. The average molecular weight is 370 g/mol. The maximum atomic E-state index is 14.1. The summed E-state index contributed by atoms with van der Waals surface area (Å²) in [5, 5.41) is 0. The van der Waals surface area contributed by atoms with Crippen LogP contribution in [-0.2, 0) is 17.8 Å². The van der Waals surface area contributed by atoms with Gasteiger partial charge in [0, 0.05) is 4.90 Å². The van der Waals surface area contributed by atoms with Crippen LogP contribution in [0.25, 0.3) is 10.2 Å². The molecule has 2 aromatic carbocycles. The van der Waals surface area contributed by atoms with Crippen molar-refractivity contribution >= 4 is 39.2 Å². The van der Waals surface area contributed by atoms with Crippen LogP contribution in [0.5, 0.6) is 0 Å². The number of aromatic nitrogens is 1. The van der Waals surface area contributed by atoms with Gasteiger partial charge in [-0.15, -0.1) is 18.2 Å². The number of para-hydroxylation sites is 1. The number of benzene rings is 2. The third-order valence-electron chi connectivity index (χ3n) is 3.64. The number of hydrogen-bond acceptors (Lipinski definition) is 3. The molecule has 1 aromatic heterocycles. The largest absolute Gasteiger partial charge is 0.302 e. The van der Waals surface area contributed by atoms with Crippen LogP contribution < -0.4 is 4.80 Å². The highest BCUT2D eigenvalue weighted by molar-refractivity contribution is 7.98. The van der Waals surface area contributed by atoms with Crippen molar-refractivity contribution in [1.82, 2.24) is 4.57 Å². The molecule has 0 aliphatic heterocycles. The predicted octanol–water partition coefficient (Wildman–Crippen LogP) is 3.87. The predicted molar refractivity (Wildman–Crippen MR) is 101 cm³/mol. The smallest absolute Gasteiger partial charge is 0.252 e. The van der Waals surface area contributed by atoms with Crippen LogP contribution in [0.4, 0.5) is 4.39 Å². The molecule has 0 bridgehead atoms. The van der Waals surface area contributed by atoms with Gasteiger partial charge in [-0.2, -0.15) is 4.99 Å². The molecule has 1 amide bonds. The Labute approximate surface area is 153 Å². The minimum Gasteiger partial charge on any atom is -0.302 e. The number of hydrogen-bond donors (Lipinski definition) is 0. The van der Waals surface area contributed by atoms with E-state index in [1.54, 1.807) is 28.5 Å². The van der Waals surface area contributed by atoms with Crippen molar-refractivity contribution < 1.29 is 9.18 Å². The Morgan fingerprint density at radius 2 is 2.08 bits per heavy atom. The molecular weight excluding hydrogens is 355 g/mol. The number of thiazole rings is 1. The maximum absolute atomic E-state index is 14.1. The van der Waals surface area contributed by atoms with Gasteiger partial charge in [0.15, 0.2) is 4.80 Å². The van der Waals surface area contributed by atoms with E-state index in [1.165, 1.54) is 17.4 Å². The highest BCUT2D eigenvalue weighted by Gasteiger charge is 2.11. The van der Waals surface area contributed by atoms with Gasteiger partial charge in [-0.3, -0.25) is 4.79 Å². The summed E-state index contributed by atoms with van der Waals surface area (Å²) < 4.78 is 16.4. The fourth-order valence-corrected chi connectivity index (χ4v) is 3.94. The molecule has 0 atom stereocenters. The highest BCUT2D eigenvalue weighted by atomic mass is 32.2. The van der Waals surface area contributed by atoms with Gasteiger partial charge in [0.25, 0.3) is 5.91 Å². The molecule has 6 heteroatoms. The number of amides is 1. The van der Waals surface area contributed by atoms with E-state index in [0.29, 0.717) is 15.0 Å². The second kappa shape index (κ2) is 7.68. The van der Waals surface area contributed by atoms with E-state index in [9.17, 15) is 9.18 Å². The van der Waals surface area contributed by atoms with E-state index >= 15 is 0 Å². The summed E-state index contributed by atoms with van der Waals surface area (Å²) in [5.74, 6) is 1.84. The van der Waals surface area contributed by atoms with Crippen LogP contribution in [0.1, 0.15) is 5.56 Å². The third-order valence-corrected chi connectivity index (χ3v) is 5.42. The van der Waals surface area contributed by atoms with Crippen LogP contribution in [0.3, 0.4) is 0 Å². The Kier molecular flexibility index (Phi) is 5.37. The number of thioether (sulfide) groups is 1. The summed E-state index contributed by atoms with van der Waals surface area (Å²) in [5.41, 5.74) is 1.28. The van der Waals surface area contributed by atoms with Crippen molar-refractivity contribution in [2.45, 2.75) is 17.9 Å². The number of fused-ring (bicyclic) bond motifs is 1. The van der Waals surface area contributed by atoms with E-state index in [4.69, 9.17) is 6.42 Å². The summed E-state index contributed by atoms with van der Waals surface area (Å²) in [6.45, 7) is 0.162. The lowest BCUT2D eigenvalue weighted by molar-refractivity contribution is -0.117. The minimum absolute atomic E-state index is 0.162. The zero-order valence-corrected chi connectivity index (χ0v) is 15.2. The lowest BCUT2D eigenvalue weighted by atomic mass is 10.1. The SMILES string of the molecule is C#CCn1c(=NC(=O)Cc2ccc(SC)cc2)sc2cccc(F)c21. The van der Waals surface area contributed by atoms with Crippen LogP contribution in [0.15, 0.2) is 52.4 Å². The summed E-state index contributed by atoms with van der Waals surface area (Å²) in [6.07, 6.45) is 7.59.